The van der Waals surface area contributed by atoms with Crippen molar-refractivity contribution in [1.29, 1.82) is 0 Å². The molecule has 0 aliphatic heterocycles. The molecule has 0 radical (unpaired) electrons. The molecule has 162 valence electrons. The number of hydrogen-bond donors (Lipinski definition) is 2. The van der Waals surface area contributed by atoms with E-state index >= 15 is 0 Å². The average Bonchev–Trinajstić information content (AvgIpc) is 3.19. The first-order chi connectivity index (χ1) is 15.5. The molecule has 0 saturated carbocycles. The standard InChI is InChI=1S/C24H21N3O5/c1-15-23(17-5-9-19(31-2)10-6-17)24(26-25-15)21-12-11-20(13-22(21)28)32-14-16-3-7-18(8-4-16)27(29)30/h3-13,28H,14H2,1-2H3,(H,25,26). The van der Waals surface area contributed by atoms with E-state index in [-0.39, 0.29) is 18.0 Å². The predicted molar refractivity (Wildman–Crippen MR) is 120 cm³/mol. The van der Waals surface area contributed by atoms with Crippen molar-refractivity contribution < 1.29 is 19.5 Å². The summed E-state index contributed by atoms with van der Waals surface area (Å²) >= 11 is 0. The van der Waals surface area contributed by atoms with Gasteiger partial charge in [0.1, 0.15) is 29.5 Å². The van der Waals surface area contributed by atoms with Crippen LogP contribution >= 0.6 is 0 Å². The Bertz CT molecular complexity index is 1250. The summed E-state index contributed by atoms with van der Waals surface area (Å²) in [5, 5.41) is 28.8. The molecule has 0 fully saturated rings. The van der Waals surface area contributed by atoms with Crippen LogP contribution in [-0.2, 0) is 6.61 Å². The second-order valence-corrected chi connectivity index (χ2v) is 7.19. The Morgan fingerprint density at radius 3 is 2.34 bits per heavy atom. The highest BCUT2D eigenvalue weighted by Crippen LogP contribution is 2.39. The van der Waals surface area contributed by atoms with Crippen molar-refractivity contribution in [3.05, 3.63) is 88.1 Å². The van der Waals surface area contributed by atoms with Crippen LogP contribution in [0.15, 0.2) is 66.7 Å². The summed E-state index contributed by atoms with van der Waals surface area (Å²) in [5.41, 5.74) is 4.73. The van der Waals surface area contributed by atoms with Crippen molar-refractivity contribution in [2.75, 3.05) is 7.11 Å². The number of aryl methyl sites for hydroxylation is 1. The number of aromatic amines is 1. The molecule has 0 aliphatic carbocycles. The summed E-state index contributed by atoms with van der Waals surface area (Å²) < 4.78 is 11.0. The maximum atomic E-state index is 10.8. The number of methoxy groups -OCH3 is 1. The Balaban J connectivity index is 1.55. The van der Waals surface area contributed by atoms with Gasteiger partial charge in [-0.05, 0) is 54.4 Å². The molecule has 0 unspecified atom stereocenters. The fraction of sp³-hybridized carbons (Fsp3) is 0.125. The summed E-state index contributed by atoms with van der Waals surface area (Å²) in [7, 11) is 1.62. The minimum Gasteiger partial charge on any atom is -0.507 e. The van der Waals surface area contributed by atoms with Crippen molar-refractivity contribution in [3.63, 3.8) is 0 Å². The Hall–Kier alpha value is -4.33. The molecule has 0 atom stereocenters. The quantitative estimate of drug-likeness (QED) is 0.305. The smallest absolute Gasteiger partial charge is 0.269 e. The maximum absolute atomic E-state index is 10.8. The lowest BCUT2D eigenvalue weighted by atomic mass is 9.98. The predicted octanol–water partition coefficient (Wildman–Crippen LogP) is 5.25. The molecule has 0 aliphatic rings. The molecule has 0 spiro atoms. The van der Waals surface area contributed by atoms with E-state index in [1.807, 2.05) is 31.2 Å². The van der Waals surface area contributed by atoms with Crippen LogP contribution in [0.3, 0.4) is 0 Å². The van der Waals surface area contributed by atoms with E-state index in [1.54, 1.807) is 31.4 Å². The van der Waals surface area contributed by atoms with Gasteiger partial charge in [0.05, 0.1) is 12.0 Å². The third kappa shape index (κ3) is 4.24. The zero-order valence-electron chi connectivity index (χ0n) is 17.5. The van der Waals surface area contributed by atoms with Crippen LogP contribution in [0.2, 0.25) is 0 Å². The van der Waals surface area contributed by atoms with E-state index in [9.17, 15) is 15.2 Å². The number of nitrogens with one attached hydrogen (secondary N) is 1. The molecule has 1 aromatic heterocycles. The number of phenolic OH excluding ortho intramolecular Hbond substituents is 1. The second kappa shape index (κ2) is 8.81. The van der Waals surface area contributed by atoms with Crippen LogP contribution in [-0.4, -0.2) is 27.3 Å². The normalized spacial score (nSPS) is 10.7. The third-order valence-electron chi connectivity index (χ3n) is 5.10. The number of non-ortho nitro benzene ring substituents is 1. The van der Waals surface area contributed by atoms with Crippen molar-refractivity contribution in [2.45, 2.75) is 13.5 Å². The highest BCUT2D eigenvalue weighted by molar-refractivity contribution is 5.85. The van der Waals surface area contributed by atoms with E-state index in [0.717, 1.165) is 28.1 Å². The van der Waals surface area contributed by atoms with Crippen LogP contribution in [0.1, 0.15) is 11.3 Å². The Labute approximate surface area is 184 Å². The van der Waals surface area contributed by atoms with Crippen molar-refractivity contribution >= 4 is 5.69 Å². The Kier molecular flexibility index (Phi) is 5.76. The number of hydrogen-bond acceptors (Lipinski definition) is 6. The zero-order chi connectivity index (χ0) is 22.7. The molecule has 8 heteroatoms. The summed E-state index contributed by atoms with van der Waals surface area (Å²) in [6.45, 7) is 2.14. The lowest BCUT2D eigenvalue weighted by Crippen LogP contribution is -1.96. The van der Waals surface area contributed by atoms with Crippen molar-refractivity contribution in [2.24, 2.45) is 0 Å². The molecule has 8 nitrogen and oxygen atoms in total. The lowest BCUT2D eigenvalue weighted by molar-refractivity contribution is -0.384. The number of nitro groups is 1. The largest absolute Gasteiger partial charge is 0.507 e. The second-order valence-electron chi connectivity index (χ2n) is 7.19. The number of phenols is 1. The number of nitro benzene ring substituents is 1. The van der Waals surface area contributed by atoms with Gasteiger partial charge in [0, 0.05) is 35.0 Å². The Morgan fingerprint density at radius 1 is 1.03 bits per heavy atom. The van der Waals surface area contributed by atoms with Gasteiger partial charge in [-0.15, -0.1) is 0 Å². The van der Waals surface area contributed by atoms with Gasteiger partial charge in [-0.3, -0.25) is 15.2 Å². The van der Waals surface area contributed by atoms with Gasteiger partial charge in [-0.2, -0.15) is 5.10 Å². The Morgan fingerprint density at radius 2 is 1.72 bits per heavy atom. The molecule has 0 saturated heterocycles. The molecule has 4 aromatic rings. The number of aromatic nitrogens is 2. The zero-order valence-corrected chi connectivity index (χ0v) is 17.5. The SMILES string of the molecule is COc1ccc(-c2c(-c3ccc(OCc4ccc([N+](=O)[O-])cc4)cc3O)n[nH]c2C)cc1. The van der Waals surface area contributed by atoms with Crippen molar-refractivity contribution in [3.8, 4) is 39.6 Å². The van der Waals surface area contributed by atoms with E-state index < -0.39 is 4.92 Å². The minimum atomic E-state index is -0.446. The number of benzene rings is 3. The van der Waals surface area contributed by atoms with Crippen LogP contribution in [0.5, 0.6) is 17.2 Å². The van der Waals surface area contributed by atoms with Crippen LogP contribution in [0, 0.1) is 17.0 Å². The average molecular weight is 431 g/mol. The summed E-state index contributed by atoms with van der Waals surface area (Å²) in [6.07, 6.45) is 0. The van der Waals surface area contributed by atoms with Gasteiger partial charge in [-0.1, -0.05) is 12.1 Å². The monoisotopic (exact) mass is 431 g/mol. The van der Waals surface area contributed by atoms with Gasteiger partial charge in [-0.25, -0.2) is 0 Å². The first-order valence-corrected chi connectivity index (χ1v) is 9.85. The van der Waals surface area contributed by atoms with Crippen molar-refractivity contribution in [1.82, 2.24) is 10.2 Å². The van der Waals surface area contributed by atoms with Gasteiger partial charge in [0.25, 0.3) is 5.69 Å². The molecule has 4 rings (SSSR count). The highest BCUT2D eigenvalue weighted by Gasteiger charge is 2.18. The third-order valence-corrected chi connectivity index (χ3v) is 5.10. The highest BCUT2D eigenvalue weighted by atomic mass is 16.6. The van der Waals surface area contributed by atoms with Gasteiger partial charge >= 0.3 is 0 Å². The first-order valence-electron chi connectivity index (χ1n) is 9.85. The number of nitrogens with zero attached hydrogens (tertiary/aromatic N) is 2. The molecule has 3 aromatic carbocycles. The summed E-state index contributed by atoms with van der Waals surface area (Å²) in [6, 6.07) is 18.8. The fourth-order valence-corrected chi connectivity index (χ4v) is 3.42. The lowest BCUT2D eigenvalue weighted by Gasteiger charge is -2.10. The van der Waals surface area contributed by atoms with E-state index in [2.05, 4.69) is 10.2 Å². The maximum Gasteiger partial charge on any atom is 0.269 e. The van der Waals surface area contributed by atoms with Crippen LogP contribution in [0.25, 0.3) is 22.4 Å². The molecular formula is C24H21N3O5. The van der Waals surface area contributed by atoms with Gasteiger partial charge < -0.3 is 14.6 Å². The van der Waals surface area contributed by atoms with Crippen LogP contribution in [0.4, 0.5) is 5.69 Å². The van der Waals surface area contributed by atoms with E-state index in [4.69, 9.17) is 9.47 Å². The molecule has 32 heavy (non-hydrogen) atoms. The number of ether oxygens (including phenoxy) is 2. The van der Waals surface area contributed by atoms with E-state index in [0.29, 0.717) is 17.0 Å². The fourth-order valence-electron chi connectivity index (χ4n) is 3.42. The van der Waals surface area contributed by atoms with E-state index in [1.165, 1.54) is 18.2 Å². The summed E-state index contributed by atoms with van der Waals surface area (Å²) in [4.78, 5) is 10.3. The molecule has 1 heterocycles. The molecule has 2 N–H and O–H groups in total. The van der Waals surface area contributed by atoms with Gasteiger partial charge in [0.15, 0.2) is 0 Å². The van der Waals surface area contributed by atoms with Crippen LogP contribution < -0.4 is 9.47 Å². The molecule has 0 bridgehead atoms. The number of rotatable bonds is 7. The number of aromatic hydroxyl groups is 1. The first kappa shape index (κ1) is 20.9. The topological polar surface area (TPSA) is 111 Å². The molecule has 0 amide bonds. The van der Waals surface area contributed by atoms with Gasteiger partial charge in [0.2, 0.25) is 0 Å². The molecular weight excluding hydrogens is 410 g/mol. The minimum absolute atomic E-state index is 0.0257. The summed E-state index contributed by atoms with van der Waals surface area (Å²) in [5.74, 6) is 1.27. The number of H-pyrrole nitrogens is 1.